The molecule has 3 N–H and O–H groups in total. The number of hydrogen-bond donors (Lipinski definition) is 3. The molecule has 2 aromatic carbocycles. The van der Waals surface area contributed by atoms with Crippen LogP contribution in [0.3, 0.4) is 0 Å². The Bertz CT molecular complexity index is 1160. The molecule has 0 unspecified atom stereocenters. The summed E-state index contributed by atoms with van der Waals surface area (Å²) in [5.41, 5.74) is -0.167. The van der Waals surface area contributed by atoms with Crippen molar-refractivity contribution in [1.29, 1.82) is 0 Å². The average Bonchev–Trinajstić information content (AvgIpc) is 2.93. The van der Waals surface area contributed by atoms with Gasteiger partial charge in [0.2, 0.25) is 0 Å². The van der Waals surface area contributed by atoms with E-state index < -0.39 is 35.0 Å². The maximum absolute atomic E-state index is 13.4. The number of nitrogens with one attached hydrogen (secondary N) is 1. The van der Waals surface area contributed by atoms with Crippen LogP contribution >= 0.6 is 0 Å². The number of aromatic hydroxyl groups is 1. The maximum Gasteiger partial charge on any atom is 0.340 e. The normalized spacial score (nSPS) is 12.2. The summed E-state index contributed by atoms with van der Waals surface area (Å²) in [6, 6.07) is 7.98. The van der Waals surface area contributed by atoms with Crippen molar-refractivity contribution >= 4 is 34.3 Å². The minimum absolute atomic E-state index is 0.00694. The zero-order valence-corrected chi connectivity index (χ0v) is 14.3. The Morgan fingerprint density at radius 2 is 1.71 bits per heavy atom. The molecule has 0 aliphatic carbocycles. The molecule has 0 fully saturated rings. The molecule has 2 heterocycles. The van der Waals surface area contributed by atoms with Crippen LogP contribution in [0.2, 0.25) is 0 Å². The van der Waals surface area contributed by atoms with Gasteiger partial charge in [-0.3, -0.25) is 9.59 Å². The van der Waals surface area contributed by atoms with Gasteiger partial charge in [0.05, 0.1) is 16.9 Å². The molecule has 9 heteroatoms. The number of pyridine rings is 1. The number of carbonyl (C=O) groups is 3. The van der Waals surface area contributed by atoms with Crippen LogP contribution in [0.5, 0.6) is 5.75 Å². The van der Waals surface area contributed by atoms with Crippen molar-refractivity contribution in [3.63, 3.8) is 0 Å². The summed E-state index contributed by atoms with van der Waals surface area (Å²) < 4.78 is 26.3. The van der Waals surface area contributed by atoms with E-state index in [1.807, 2.05) is 0 Å². The van der Waals surface area contributed by atoms with Crippen LogP contribution in [-0.4, -0.2) is 32.9 Å². The molecule has 3 aromatic rings. The van der Waals surface area contributed by atoms with Crippen molar-refractivity contribution in [3.8, 4) is 5.75 Å². The van der Waals surface area contributed by atoms with E-state index in [-0.39, 0.29) is 33.4 Å². The Morgan fingerprint density at radius 3 is 2.36 bits per heavy atom. The average molecular weight is 386 g/mol. The van der Waals surface area contributed by atoms with Gasteiger partial charge in [-0.15, -0.1) is 0 Å². The number of aromatic carboxylic acids is 1. The lowest BCUT2D eigenvalue weighted by atomic mass is 10.1. The van der Waals surface area contributed by atoms with E-state index in [1.54, 1.807) is 0 Å². The maximum atomic E-state index is 13.4. The number of carboxylic acid groups (broad SMARTS) is 1. The monoisotopic (exact) mass is 386 g/mol. The highest BCUT2D eigenvalue weighted by molar-refractivity contribution is 6.51. The van der Waals surface area contributed by atoms with Crippen molar-refractivity contribution in [2.45, 2.75) is 6.92 Å². The van der Waals surface area contributed by atoms with Crippen molar-refractivity contribution in [2.24, 2.45) is 0 Å². The Labute approximate surface area is 156 Å². The number of benzene rings is 2. The number of carboxylic acids is 1. The topological polar surface area (TPSA) is 117 Å². The van der Waals surface area contributed by atoms with Crippen LogP contribution < -0.4 is 5.32 Å². The van der Waals surface area contributed by atoms with Gasteiger partial charge in [-0.1, -0.05) is 18.2 Å². The molecule has 1 aliphatic rings. The van der Waals surface area contributed by atoms with Gasteiger partial charge < -0.3 is 15.5 Å². The number of ketones is 1. The number of carbonyl (C=O) groups excluding carboxylic acids is 2. The van der Waals surface area contributed by atoms with Crippen LogP contribution in [0.4, 0.5) is 14.5 Å². The van der Waals surface area contributed by atoms with Gasteiger partial charge in [0, 0.05) is 5.39 Å². The Hall–Kier alpha value is -3.88. The number of aromatic nitrogens is 1. The molecule has 1 amide bonds. The molecular formula is C19H12F2N2O5. The molecule has 0 saturated carbocycles. The van der Waals surface area contributed by atoms with Gasteiger partial charge in [-0.05, 0) is 25.1 Å². The fourth-order valence-corrected chi connectivity index (χ4v) is 2.71. The van der Waals surface area contributed by atoms with E-state index >= 15 is 0 Å². The molecule has 0 saturated heterocycles. The Kier molecular flexibility index (Phi) is 4.74. The number of hydrogen-bond acceptors (Lipinski definition) is 5. The summed E-state index contributed by atoms with van der Waals surface area (Å²) in [6.07, 6.45) is 0. The largest absolute Gasteiger partial charge is 0.505 e. The summed E-state index contributed by atoms with van der Waals surface area (Å²) >= 11 is 0. The molecule has 0 spiro atoms. The third-order valence-electron chi connectivity index (χ3n) is 4.03. The molecule has 28 heavy (non-hydrogen) atoms. The second-order valence-electron chi connectivity index (χ2n) is 5.81. The first-order valence-corrected chi connectivity index (χ1v) is 7.87. The van der Waals surface area contributed by atoms with E-state index in [1.165, 1.54) is 43.3 Å². The van der Waals surface area contributed by atoms with Gasteiger partial charge in [-0.2, -0.15) is 0 Å². The van der Waals surface area contributed by atoms with Gasteiger partial charge in [0.25, 0.3) is 11.7 Å². The summed E-state index contributed by atoms with van der Waals surface area (Å²) in [6.45, 7) is 1.42. The molecule has 142 valence electrons. The number of amides is 1. The summed E-state index contributed by atoms with van der Waals surface area (Å²) in [4.78, 5) is 36.5. The molecule has 1 aliphatic heterocycles. The number of para-hydroxylation sites is 2. The lowest BCUT2D eigenvalue weighted by molar-refractivity contribution is -0.112. The number of rotatable bonds is 1. The number of Topliss-reactive ketones (excluding diaryl/α,β-unsaturated/α-hetero) is 1. The highest BCUT2D eigenvalue weighted by Crippen LogP contribution is 2.29. The lowest BCUT2D eigenvalue weighted by Crippen LogP contribution is -2.12. The predicted octanol–water partition coefficient (Wildman–Crippen LogP) is 3.05. The smallest absolute Gasteiger partial charge is 0.340 e. The summed E-state index contributed by atoms with van der Waals surface area (Å²) in [7, 11) is 0. The third-order valence-corrected chi connectivity index (χ3v) is 4.03. The van der Waals surface area contributed by atoms with Gasteiger partial charge in [0.1, 0.15) is 22.7 Å². The SMILES string of the molecule is Cc1nc2c(F)cccc2c(C(=O)O)c1O.O=C1Nc2c(F)cccc2C1=O. The van der Waals surface area contributed by atoms with Crippen LogP contribution in [0.25, 0.3) is 10.9 Å². The van der Waals surface area contributed by atoms with E-state index in [9.17, 15) is 28.3 Å². The van der Waals surface area contributed by atoms with Crippen LogP contribution in [0, 0.1) is 18.6 Å². The zero-order valence-electron chi connectivity index (χ0n) is 14.3. The van der Waals surface area contributed by atoms with Crippen molar-refractivity contribution < 1.29 is 33.4 Å². The predicted molar refractivity (Wildman–Crippen MR) is 94.4 cm³/mol. The van der Waals surface area contributed by atoms with Crippen LogP contribution in [0.15, 0.2) is 36.4 Å². The molecule has 0 atom stereocenters. The Morgan fingerprint density at radius 1 is 1.07 bits per heavy atom. The first-order chi connectivity index (χ1) is 13.2. The van der Waals surface area contributed by atoms with Crippen molar-refractivity contribution in [2.75, 3.05) is 5.32 Å². The number of halogens is 2. The summed E-state index contributed by atoms with van der Waals surface area (Å²) in [5.74, 6) is -4.36. The number of nitrogens with zero attached hydrogens (tertiary/aromatic N) is 1. The number of aryl methyl sites for hydroxylation is 1. The standard InChI is InChI=1S/C11H8FNO3.C8H4FNO2/c1-5-10(14)8(11(15)16)6-3-2-4-7(12)9(6)13-5;9-5-3-1-2-4-6(5)10-8(12)7(4)11/h2-4,14H,1H3,(H,15,16);1-3H,(H,10,11,12). The second kappa shape index (κ2) is 7.03. The third kappa shape index (κ3) is 3.13. The van der Waals surface area contributed by atoms with Gasteiger partial charge in [0.15, 0.2) is 5.75 Å². The molecule has 7 nitrogen and oxygen atoms in total. The van der Waals surface area contributed by atoms with Gasteiger partial charge in [-0.25, -0.2) is 18.6 Å². The summed E-state index contributed by atoms with van der Waals surface area (Å²) in [5, 5.41) is 20.8. The minimum Gasteiger partial charge on any atom is -0.505 e. The van der Waals surface area contributed by atoms with E-state index in [4.69, 9.17) is 5.11 Å². The first-order valence-electron chi connectivity index (χ1n) is 7.87. The van der Waals surface area contributed by atoms with Crippen molar-refractivity contribution in [1.82, 2.24) is 4.98 Å². The lowest BCUT2D eigenvalue weighted by Gasteiger charge is -2.07. The van der Waals surface area contributed by atoms with Crippen molar-refractivity contribution in [3.05, 3.63) is 64.9 Å². The number of anilines is 1. The zero-order chi connectivity index (χ0) is 20.6. The van der Waals surface area contributed by atoms with E-state index in [0.29, 0.717) is 0 Å². The Balaban J connectivity index is 0.000000167. The second-order valence-corrected chi connectivity index (χ2v) is 5.81. The van der Waals surface area contributed by atoms with E-state index in [2.05, 4.69) is 10.3 Å². The molecule has 1 aromatic heterocycles. The highest BCUT2D eigenvalue weighted by Gasteiger charge is 2.29. The van der Waals surface area contributed by atoms with Gasteiger partial charge >= 0.3 is 5.97 Å². The fourth-order valence-electron chi connectivity index (χ4n) is 2.71. The van der Waals surface area contributed by atoms with E-state index in [0.717, 1.165) is 0 Å². The molecule has 0 radical (unpaired) electrons. The molecule has 4 rings (SSSR count). The molecular weight excluding hydrogens is 374 g/mol. The molecule has 0 bridgehead atoms. The minimum atomic E-state index is -1.31. The highest BCUT2D eigenvalue weighted by atomic mass is 19.1. The quantitative estimate of drug-likeness (QED) is 0.554. The van der Waals surface area contributed by atoms with Crippen LogP contribution in [0.1, 0.15) is 26.4 Å². The van der Waals surface area contributed by atoms with Crippen LogP contribution in [-0.2, 0) is 4.79 Å². The first kappa shape index (κ1) is 18.9. The number of fused-ring (bicyclic) bond motifs is 2. The fraction of sp³-hybridized carbons (Fsp3) is 0.0526.